The van der Waals surface area contributed by atoms with Crippen molar-refractivity contribution in [3.05, 3.63) is 47.3 Å². The van der Waals surface area contributed by atoms with Crippen LogP contribution in [0.25, 0.3) is 16.8 Å². The van der Waals surface area contributed by atoms with Crippen molar-refractivity contribution in [1.82, 2.24) is 19.9 Å². The summed E-state index contributed by atoms with van der Waals surface area (Å²) in [6.07, 6.45) is 1.07. The van der Waals surface area contributed by atoms with E-state index in [0.717, 1.165) is 30.9 Å². The molecular formula is C28H34F2N6O2. The summed E-state index contributed by atoms with van der Waals surface area (Å²) in [5.41, 5.74) is 1.70. The highest BCUT2D eigenvalue weighted by Crippen LogP contribution is 2.43. The van der Waals surface area contributed by atoms with Crippen molar-refractivity contribution >= 4 is 17.6 Å². The molecule has 1 amide bonds. The van der Waals surface area contributed by atoms with Crippen LogP contribution in [0.1, 0.15) is 64.4 Å². The number of nitrogens with one attached hydrogen (secondary N) is 1. The minimum atomic E-state index is -3.27. The first-order valence-corrected chi connectivity index (χ1v) is 12.8. The Morgan fingerprint density at radius 1 is 1.24 bits per heavy atom. The zero-order valence-corrected chi connectivity index (χ0v) is 22.7. The largest absolute Gasteiger partial charge is 0.444 e. The highest BCUT2D eigenvalue weighted by molar-refractivity contribution is 5.85. The quantitative estimate of drug-likeness (QED) is 0.437. The summed E-state index contributed by atoms with van der Waals surface area (Å²) in [5, 5.41) is 17.1. The fraction of sp³-hybridized carbons (Fsp3) is 0.500. The lowest BCUT2D eigenvalue weighted by Crippen LogP contribution is -2.41. The maximum atomic E-state index is 14.3. The van der Waals surface area contributed by atoms with E-state index in [1.807, 2.05) is 58.0 Å². The van der Waals surface area contributed by atoms with Gasteiger partial charge in [-0.05, 0) is 51.7 Å². The third kappa shape index (κ3) is 5.28. The Morgan fingerprint density at radius 3 is 2.50 bits per heavy atom. The second kappa shape index (κ2) is 9.86. The number of alkyl carbamates (subject to hydrolysis) is 1. The van der Waals surface area contributed by atoms with E-state index >= 15 is 0 Å². The van der Waals surface area contributed by atoms with Gasteiger partial charge in [0.2, 0.25) is 5.82 Å². The van der Waals surface area contributed by atoms with Crippen molar-refractivity contribution < 1.29 is 18.3 Å². The highest BCUT2D eigenvalue weighted by atomic mass is 19.3. The molecule has 8 nitrogen and oxygen atoms in total. The first-order valence-electron chi connectivity index (χ1n) is 12.8. The van der Waals surface area contributed by atoms with Gasteiger partial charge in [0.1, 0.15) is 23.1 Å². The molecule has 0 bridgehead atoms. The van der Waals surface area contributed by atoms with Crippen LogP contribution in [0.15, 0.2) is 30.3 Å². The summed E-state index contributed by atoms with van der Waals surface area (Å²) in [6.45, 7) is 11.7. The van der Waals surface area contributed by atoms with E-state index in [2.05, 4.69) is 33.3 Å². The van der Waals surface area contributed by atoms with Crippen molar-refractivity contribution in [3.8, 4) is 17.2 Å². The Labute approximate surface area is 221 Å². The molecule has 3 heterocycles. The molecule has 202 valence electrons. The molecule has 1 saturated heterocycles. The Kier molecular flexibility index (Phi) is 7.08. The monoisotopic (exact) mass is 524 g/mol. The van der Waals surface area contributed by atoms with E-state index in [-0.39, 0.29) is 16.6 Å². The van der Waals surface area contributed by atoms with E-state index in [1.54, 1.807) is 0 Å². The molecule has 1 atom stereocenters. The molecule has 0 spiro atoms. The molecule has 4 rings (SSSR count). The number of halogens is 2. The molecule has 0 radical (unpaired) electrons. The summed E-state index contributed by atoms with van der Waals surface area (Å²) >= 11 is 0. The topological polar surface area (TPSA) is 95.5 Å². The lowest BCUT2D eigenvalue weighted by molar-refractivity contribution is 0.00799. The molecule has 1 unspecified atom stereocenters. The van der Waals surface area contributed by atoms with Crippen molar-refractivity contribution in [2.24, 2.45) is 5.41 Å². The van der Waals surface area contributed by atoms with Gasteiger partial charge in [0.25, 0.3) is 0 Å². The van der Waals surface area contributed by atoms with E-state index in [1.165, 1.54) is 4.52 Å². The number of pyridine rings is 1. The third-order valence-electron chi connectivity index (χ3n) is 7.07. The number of nitriles is 1. The van der Waals surface area contributed by atoms with Gasteiger partial charge in [-0.25, -0.2) is 9.78 Å². The normalized spacial score (nSPS) is 18.0. The maximum absolute atomic E-state index is 14.3. The molecule has 1 fully saturated rings. The smallest absolute Gasteiger partial charge is 0.407 e. The van der Waals surface area contributed by atoms with Crippen LogP contribution in [0, 0.1) is 23.7 Å². The second-order valence-electron chi connectivity index (χ2n) is 11.1. The summed E-state index contributed by atoms with van der Waals surface area (Å²) in [7, 11) is 0. The first kappa shape index (κ1) is 27.3. The Bertz CT molecular complexity index is 1390. The second-order valence-corrected chi connectivity index (χ2v) is 11.1. The number of rotatable bonds is 6. The van der Waals surface area contributed by atoms with Gasteiger partial charge in [-0.2, -0.15) is 18.6 Å². The standard InChI is InChI=1S/C28H34F2N6O2/c1-7-28(16-32-25(37)38-26(3,4)5)13-14-35(17-28)23-21(19-11-9-8-10-12-19)18(2)20(15-31)22-33-24(27(6,29)30)34-36(22)23/h8-12H,7,13-14,16-17H2,1-6H3,(H,32,37). The van der Waals surface area contributed by atoms with Gasteiger partial charge in [0, 0.05) is 37.5 Å². The number of anilines is 1. The predicted molar refractivity (Wildman–Crippen MR) is 141 cm³/mol. The number of nitrogens with zero attached hydrogens (tertiary/aromatic N) is 5. The Hall–Kier alpha value is -3.74. The van der Waals surface area contributed by atoms with Gasteiger partial charge >= 0.3 is 12.0 Å². The molecule has 2 aromatic heterocycles. The van der Waals surface area contributed by atoms with Gasteiger partial charge in [0.05, 0.1) is 0 Å². The van der Waals surface area contributed by atoms with E-state index in [9.17, 15) is 18.8 Å². The fourth-order valence-corrected chi connectivity index (χ4v) is 5.00. The summed E-state index contributed by atoms with van der Waals surface area (Å²) in [4.78, 5) is 18.6. The van der Waals surface area contributed by atoms with Crippen LogP contribution in [0.2, 0.25) is 0 Å². The number of amides is 1. The van der Waals surface area contributed by atoms with Gasteiger partial charge in [0.15, 0.2) is 5.65 Å². The third-order valence-corrected chi connectivity index (χ3v) is 7.07. The first-order chi connectivity index (χ1) is 17.8. The summed E-state index contributed by atoms with van der Waals surface area (Å²) in [6, 6.07) is 11.7. The van der Waals surface area contributed by atoms with Crippen LogP contribution < -0.4 is 10.2 Å². The minimum absolute atomic E-state index is 0.108. The van der Waals surface area contributed by atoms with Gasteiger partial charge in [-0.15, -0.1) is 5.10 Å². The zero-order chi connectivity index (χ0) is 27.9. The number of fused-ring (bicyclic) bond motifs is 1. The average Bonchev–Trinajstić information content (AvgIpc) is 3.47. The minimum Gasteiger partial charge on any atom is -0.444 e. The molecule has 1 aliphatic heterocycles. The van der Waals surface area contributed by atoms with Crippen LogP contribution >= 0.6 is 0 Å². The van der Waals surface area contributed by atoms with Gasteiger partial charge < -0.3 is 15.0 Å². The Balaban J connectivity index is 1.83. The molecule has 1 aliphatic rings. The highest BCUT2D eigenvalue weighted by Gasteiger charge is 2.40. The molecule has 1 N–H and O–H groups in total. The number of aromatic nitrogens is 3. The molecule has 1 aromatic carbocycles. The van der Waals surface area contributed by atoms with Crippen LogP contribution in [0.3, 0.4) is 0 Å². The van der Waals surface area contributed by atoms with Gasteiger partial charge in [-0.3, -0.25) is 0 Å². The summed E-state index contributed by atoms with van der Waals surface area (Å²) < 4.78 is 35.5. The molecule has 10 heteroatoms. The number of ether oxygens (including phenoxy) is 1. The zero-order valence-electron chi connectivity index (χ0n) is 22.7. The summed E-state index contributed by atoms with van der Waals surface area (Å²) in [5.74, 6) is -3.29. The van der Waals surface area contributed by atoms with Crippen molar-refractivity contribution in [2.75, 3.05) is 24.5 Å². The van der Waals surface area contributed by atoms with E-state index in [4.69, 9.17) is 4.74 Å². The van der Waals surface area contributed by atoms with Crippen molar-refractivity contribution in [3.63, 3.8) is 0 Å². The van der Waals surface area contributed by atoms with Gasteiger partial charge in [-0.1, -0.05) is 37.3 Å². The van der Waals surface area contributed by atoms with E-state index < -0.39 is 23.4 Å². The molecule has 0 saturated carbocycles. The molecule has 3 aromatic rings. The number of carbonyl (C=O) groups is 1. The lowest BCUT2D eigenvalue weighted by Gasteiger charge is -2.30. The maximum Gasteiger partial charge on any atom is 0.407 e. The van der Waals surface area contributed by atoms with Crippen molar-refractivity contribution in [2.45, 2.75) is 65.9 Å². The predicted octanol–water partition coefficient (Wildman–Crippen LogP) is 5.82. The molecule has 0 aliphatic carbocycles. The number of carbonyl (C=O) groups excluding carboxylic acids is 1. The van der Waals surface area contributed by atoms with Crippen LogP contribution in [0.5, 0.6) is 0 Å². The number of hydrogen-bond donors (Lipinski definition) is 1. The van der Waals surface area contributed by atoms with E-state index in [0.29, 0.717) is 31.0 Å². The average molecular weight is 525 g/mol. The number of alkyl halides is 2. The van der Waals surface area contributed by atoms with Crippen molar-refractivity contribution in [1.29, 1.82) is 5.26 Å². The van der Waals surface area contributed by atoms with Crippen LogP contribution in [0.4, 0.5) is 19.4 Å². The lowest BCUT2D eigenvalue weighted by atomic mass is 9.84. The Morgan fingerprint density at radius 2 is 1.92 bits per heavy atom. The number of benzene rings is 1. The van der Waals surface area contributed by atoms with Crippen LogP contribution in [-0.4, -0.2) is 45.9 Å². The fourth-order valence-electron chi connectivity index (χ4n) is 5.00. The number of hydrogen-bond acceptors (Lipinski definition) is 6. The SMILES string of the molecule is CCC1(CNC(=O)OC(C)(C)C)CCN(c2c(-c3ccccc3)c(C)c(C#N)c3nc(C(C)(F)F)nn23)C1. The molecular weight excluding hydrogens is 490 g/mol. The molecule has 38 heavy (non-hydrogen) atoms. The van der Waals surface area contributed by atoms with Crippen LogP contribution in [-0.2, 0) is 10.7 Å².